The number of hydrogen-bond acceptors (Lipinski definition) is 4. The van der Waals surface area contributed by atoms with Gasteiger partial charge >= 0.3 is 6.09 Å². The molecule has 158 valence electrons. The van der Waals surface area contributed by atoms with E-state index in [0.29, 0.717) is 31.0 Å². The van der Waals surface area contributed by atoms with Gasteiger partial charge in [0.25, 0.3) is 5.91 Å². The molecule has 0 bridgehead atoms. The first-order valence-corrected chi connectivity index (χ1v) is 10.1. The molecule has 1 atom stereocenters. The Kier molecular flexibility index (Phi) is 8.92. The van der Waals surface area contributed by atoms with Crippen molar-refractivity contribution in [3.05, 3.63) is 34.9 Å². The maximum atomic E-state index is 12.5. The molecular weight excluding hydrogens is 398 g/mol. The van der Waals surface area contributed by atoms with Gasteiger partial charge in [-0.3, -0.25) is 14.4 Å². The Morgan fingerprint density at radius 3 is 2.28 bits per heavy atom. The Bertz CT molecular complexity index is 738. The number of nitrogens with one attached hydrogen (secondary N) is 2. The number of carbonyl (C=O) groups is 4. The van der Waals surface area contributed by atoms with Crippen molar-refractivity contribution in [1.82, 2.24) is 15.5 Å². The monoisotopic (exact) mass is 423 g/mol. The minimum absolute atomic E-state index is 0.138. The summed E-state index contributed by atoms with van der Waals surface area (Å²) in [5.74, 6) is -1.39. The van der Waals surface area contributed by atoms with Gasteiger partial charge in [-0.15, -0.1) is 0 Å². The summed E-state index contributed by atoms with van der Waals surface area (Å²) < 4.78 is 0. The fraction of sp³-hybridized carbons (Fsp3) is 0.500. The quantitative estimate of drug-likeness (QED) is 0.373. The lowest BCUT2D eigenvalue weighted by atomic mass is 10.1. The highest BCUT2D eigenvalue weighted by atomic mass is 35.5. The van der Waals surface area contributed by atoms with Crippen LogP contribution in [0.25, 0.3) is 0 Å². The van der Waals surface area contributed by atoms with E-state index in [0.717, 1.165) is 24.8 Å². The van der Waals surface area contributed by atoms with Crippen molar-refractivity contribution in [2.75, 3.05) is 13.1 Å². The number of benzene rings is 1. The number of carboxylic acid groups (broad SMARTS) is 1. The molecule has 1 saturated heterocycles. The van der Waals surface area contributed by atoms with E-state index in [4.69, 9.17) is 16.7 Å². The van der Waals surface area contributed by atoms with Crippen molar-refractivity contribution >= 4 is 35.3 Å². The van der Waals surface area contributed by atoms with Gasteiger partial charge in [0, 0.05) is 31.1 Å². The molecule has 0 aliphatic carbocycles. The molecule has 1 fully saturated rings. The Balaban J connectivity index is 1.74. The number of carbonyl (C=O) groups excluding carboxylic acids is 3. The maximum Gasteiger partial charge on any atom is 0.404 e. The van der Waals surface area contributed by atoms with Gasteiger partial charge in [0.1, 0.15) is 6.04 Å². The normalized spacial score (nSPS) is 16.0. The largest absolute Gasteiger partial charge is 0.465 e. The number of likely N-dealkylation sites (tertiary alicyclic amines) is 1. The van der Waals surface area contributed by atoms with Crippen LogP contribution in [0.4, 0.5) is 4.79 Å². The zero-order valence-electron chi connectivity index (χ0n) is 16.2. The summed E-state index contributed by atoms with van der Waals surface area (Å²) in [7, 11) is 0. The zero-order valence-corrected chi connectivity index (χ0v) is 16.9. The second-order valence-corrected chi connectivity index (χ2v) is 7.41. The Morgan fingerprint density at radius 2 is 1.66 bits per heavy atom. The average Bonchev–Trinajstić information content (AvgIpc) is 3.05. The molecule has 1 aliphatic rings. The molecule has 3 amide bonds. The second kappa shape index (κ2) is 11.4. The van der Waals surface area contributed by atoms with Crippen LogP contribution in [-0.4, -0.2) is 52.8 Å². The molecule has 1 heterocycles. The summed E-state index contributed by atoms with van der Waals surface area (Å²) in [5.41, 5.74) is 0.847. The van der Waals surface area contributed by atoms with Gasteiger partial charge in [-0.05, 0) is 37.0 Å². The summed E-state index contributed by atoms with van der Waals surface area (Å²) >= 11 is 5.87. The van der Waals surface area contributed by atoms with Crippen LogP contribution < -0.4 is 10.6 Å². The molecule has 0 aromatic heterocycles. The van der Waals surface area contributed by atoms with Gasteiger partial charge in [-0.25, -0.2) is 4.79 Å². The number of nitrogens with zero attached hydrogens (tertiary/aromatic N) is 1. The highest BCUT2D eigenvalue weighted by molar-refractivity contribution is 6.38. The van der Waals surface area contributed by atoms with E-state index < -0.39 is 23.8 Å². The van der Waals surface area contributed by atoms with Gasteiger partial charge in [-0.2, -0.15) is 0 Å². The lowest BCUT2D eigenvalue weighted by molar-refractivity contribution is -0.143. The third-order valence-electron chi connectivity index (χ3n) is 4.79. The second-order valence-electron chi connectivity index (χ2n) is 6.97. The molecule has 0 radical (unpaired) electrons. The third-order valence-corrected chi connectivity index (χ3v) is 5.04. The fourth-order valence-electron chi connectivity index (χ4n) is 3.23. The van der Waals surface area contributed by atoms with Crippen LogP contribution in [0.3, 0.4) is 0 Å². The molecule has 29 heavy (non-hydrogen) atoms. The van der Waals surface area contributed by atoms with E-state index in [1.807, 2.05) is 0 Å². The van der Waals surface area contributed by atoms with Crippen LogP contribution in [0.5, 0.6) is 0 Å². The Morgan fingerprint density at radius 1 is 1.03 bits per heavy atom. The zero-order chi connectivity index (χ0) is 21.2. The van der Waals surface area contributed by atoms with Gasteiger partial charge in [-0.1, -0.05) is 36.6 Å². The highest BCUT2D eigenvalue weighted by Crippen LogP contribution is 2.23. The molecule has 2 rings (SSSR count). The van der Waals surface area contributed by atoms with Crippen molar-refractivity contribution in [3.8, 4) is 0 Å². The van der Waals surface area contributed by atoms with Crippen molar-refractivity contribution < 1.29 is 24.3 Å². The molecule has 1 aromatic rings. The first kappa shape index (κ1) is 22.7. The molecule has 8 nitrogen and oxygen atoms in total. The van der Waals surface area contributed by atoms with Crippen LogP contribution in [-0.2, 0) is 20.9 Å². The molecular formula is C20H26ClN3O5. The van der Waals surface area contributed by atoms with E-state index >= 15 is 0 Å². The number of Topliss-reactive ketones (excluding diaryl/α,β-unsaturated/α-hetero) is 1. The van der Waals surface area contributed by atoms with Gasteiger partial charge in [0.15, 0.2) is 0 Å². The lowest BCUT2D eigenvalue weighted by Crippen LogP contribution is -2.45. The van der Waals surface area contributed by atoms with E-state index in [-0.39, 0.29) is 18.9 Å². The van der Waals surface area contributed by atoms with E-state index in [1.165, 1.54) is 4.90 Å². The first-order valence-electron chi connectivity index (χ1n) is 9.71. The van der Waals surface area contributed by atoms with Crippen molar-refractivity contribution in [2.45, 2.75) is 51.1 Å². The molecule has 0 spiro atoms. The minimum Gasteiger partial charge on any atom is -0.465 e. The van der Waals surface area contributed by atoms with Crippen molar-refractivity contribution in [2.24, 2.45) is 0 Å². The van der Waals surface area contributed by atoms with Gasteiger partial charge < -0.3 is 20.6 Å². The predicted molar refractivity (Wildman–Crippen MR) is 108 cm³/mol. The Labute approximate surface area is 174 Å². The molecule has 1 unspecified atom stereocenters. The van der Waals surface area contributed by atoms with E-state index in [9.17, 15) is 19.2 Å². The van der Waals surface area contributed by atoms with Crippen LogP contribution in [0.1, 0.15) is 44.1 Å². The van der Waals surface area contributed by atoms with E-state index in [1.54, 1.807) is 24.3 Å². The molecule has 3 N–H and O–H groups in total. The smallest absolute Gasteiger partial charge is 0.404 e. The first-order chi connectivity index (χ1) is 13.9. The molecule has 1 aromatic carbocycles. The van der Waals surface area contributed by atoms with Crippen LogP contribution in [0.15, 0.2) is 24.3 Å². The number of hydrogen-bond donors (Lipinski definition) is 3. The Hall–Kier alpha value is -2.61. The number of unbranched alkanes of at least 4 members (excludes halogenated alkanes) is 3. The molecule has 0 saturated carbocycles. The summed E-state index contributed by atoms with van der Waals surface area (Å²) in [4.78, 5) is 48.7. The number of ketones is 1. The van der Waals surface area contributed by atoms with E-state index in [2.05, 4.69) is 10.6 Å². The number of halogens is 1. The summed E-state index contributed by atoms with van der Waals surface area (Å²) in [6.45, 7) is 1.04. The summed E-state index contributed by atoms with van der Waals surface area (Å²) in [6.07, 6.45) is 2.63. The molecule has 1 aliphatic heterocycles. The third kappa shape index (κ3) is 7.38. The number of rotatable bonds is 11. The molecule has 9 heteroatoms. The van der Waals surface area contributed by atoms with Crippen molar-refractivity contribution in [1.29, 1.82) is 0 Å². The lowest BCUT2D eigenvalue weighted by Gasteiger charge is -2.23. The highest BCUT2D eigenvalue weighted by Gasteiger charge is 2.38. The number of amides is 3. The maximum absolute atomic E-state index is 12.5. The SMILES string of the molecule is O=C(O)NCCCCCCNC(=O)C(=O)C1CCC(=O)N1Cc1ccc(Cl)cc1. The predicted octanol–water partition coefficient (Wildman–Crippen LogP) is 2.34. The van der Waals surface area contributed by atoms with Gasteiger partial charge in [0.05, 0.1) is 0 Å². The van der Waals surface area contributed by atoms with Crippen LogP contribution in [0.2, 0.25) is 5.02 Å². The average molecular weight is 424 g/mol. The summed E-state index contributed by atoms with van der Waals surface area (Å²) in [6, 6.07) is 6.29. The van der Waals surface area contributed by atoms with Gasteiger partial charge in [0.2, 0.25) is 11.7 Å². The minimum atomic E-state index is -1.04. The fourth-order valence-corrected chi connectivity index (χ4v) is 3.36. The summed E-state index contributed by atoms with van der Waals surface area (Å²) in [5, 5.41) is 14.0. The van der Waals surface area contributed by atoms with Crippen LogP contribution >= 0.6 is 11.6 Å². The van der Waals surface area contributed by atoms with Crippen molar-refractivity contribution in [3.63, 3.8) is 0 Å². The topological polar surface area (TPSA) is 116 Å². The van der Waals surface area contributed by atoms with Crippen LogP contribution in [0, 0.1) is 0 Å². The standard InChI is InChI=1S/C20H26ClN3O5/c21-15-7-5-14(6-8-15)13-24-16(9-10-17(24)25)18(26)19(27)22-11-3-1-2-4-12-23-20(28)29/h5-8,16,23H,1-4,9-13H2,(H,22,27)(H,28,29).